The van der Waals surface area contributed by atoms with Crippen molar-refractivity contribution in [3.8, 4) is 0 Å². The molecule has 0 aromatic carbocycles. The average molecular weight is 127 g/mol. The van der Waals surface area contributed by atoms with Gasteiger partial charge in [-0.3, -0.25) is 0 Å². The Labute approximate surface area is 53.4 Å². The molecule has 1 fully saturated rings. The molecule has 0 aromatic heterocycles. The lowest BCUT2D eigenvalue weighted by Gasteiger charge is -1.97. The molecule has 1 aliphatic heterocycles. The Bertz CT molecular complexity index is 124. The summed E-state index contributed by atoms with van der Waals surface area (Å²) in [6.07, 6.45) is 1.04. The number of ether oxygens (including phenoxy) is 1. The molecular weight excluding hydrogens is 118 g/mol. The van der Waals surface area contributed by atoms with Crippen molar-refractivity contribution in [2.75, 3.05) is 19.8 Å². The fourth-order valence-corrected chi connectivity index (χ4v) is 0.879. The van der Waals surface area contributed by atoms with Gasteiger partial charge in [-0.15, -0.1) is 0 Å². The van der Waals surface area contributed by atoms with Crippen molar-refractivity contribution in [2.24, 2.45) is 11.0 Å². The van der Waals surface area contributed by atoms with Crippen molar-refractivity contribution < 1.29 is 4.74 Å². The molecular formula is C5H9N3O. The summed E-state index contributed by atoms with van der Waals surface area (Å²) in [5.41, 5.74) is 7.94. The molecule has 1 heterocycles. The van der Waals surface area contributed by atoms with E-state index in [0.717, 1.165) is 19.6 Å². The molecule has 9 heavy (non-hydrogen) atoms. The third kappa shape index (κ3) is 1.91. The number of rotatable bonds is 2. The van der Waals surface area contributed by atoms with Crippen molar-refractivity contribution in [2.45, 2.75) is 6.42 Å². The zero-order valence-electron chi connectivity index (χ0n) is 5.16. The molecule has 1 atom stereocenters. The number of hydrogen-bond acceptors (Lipinski definition) is 2. The molecule has 1 saturated heterocycles. The maximum atomic E-state index is 7.94. The Kier molecular flexibility index (Phi) is 2.36. The first-order chi connectivity index (χ1) is 4.43. The van der Waals surface area contributed by atoms with E-state index < -0.39 is 0 Å². The van der Waals surface area contributed by atoms with E-state index in [2.05, 4.69) is 10.0 Å². The summed E-state index contributed by atoms with van der Waals surface area (Å²) in [6, 6.07) is 0. The Morgan fingerprint density at radius 3 is 3.22 bits per heavy atom. The zero-order valence-corrected chi connectivity index (χ0v) is 5.16. The van der Waals surface area contributed by atoms with Crippen molar-refractivity contribution in [1.82, 2.24) is 0 Å². The van der Waals surface area contributed by atoms with Gasteiger partial charge in [0, 0.05) is 24.7 Å². The molecule has 1 rings (SSSR count). The molecule has 0 spiro atoms. The summed E-state index contributed by atoms with van der Waals surface area (Å²) in [6.45, 7) is 2.18. The van der Waals surface area contributed by atoms with Crippen molar-refractivity contribution in [3.05, 3.63) is 10.4 Å². The lowest BCUT2D eigenvalue weighted by molar-refractivity contribution is 0.187. The minimum atomic E-state index is 0.473. The van der Waals surface area contributed by atoms with Crippen LogP contribution in [0.5, 0.6) is 0 Å². The van der Waals surface area contributed by atoms with E-state index in [1.165, 1.54) is 0 Å². The maximum Gasteiger partial charge on any atom is 0.0496 e. The van der Waals surface area contributed by atoms with E-state index >= 15 is 0 Å². The third-order valence-corrected chi connectivity index (χ3v) is 1.43. The predicted octanol–water partition coefficient (Wildman–Crippen LogP) is 1.33. The summed E-state index contributed by atoms with van der Waals surface area (Å²) >= 11 is 0. The number of nitrogens with zero attached hydrogens (tertiary/aromatic N) is 3. The van der Waals surface area contributed by atoms with Crippen LogP contribution < -0.4 is 0 Å². The molecule has 0 aliphatic carbocycles. The van der Waals surface area contributed by atoms with Crippen LogP contribution in [0, 0.1) is 5.92 Å². The van der Waals surface area contributed by atoms with Gasteiger partial charge in [-0.25, -0.2) is 0 Å². The lowest BCUT2D eigenvalue weighted by atomic mass is 10.1. The van der Waals surface area contributed by atoms with Gasteiger partial charge in [-0.1, -0.05) is 5.11 Å². The maximum absolute atomic E-state index is 7.94. The summed E-state index contributed by atoms with van der Waals surface area (Å²) in [7, 11) is 0. The first-order valence-corrected chi connectivity index (χ1v) is 3.02. The highest BCUT2D eigenvalue weighted by Gasteiger charge is 2.13. The second kappa shape index (κ2) is 3.33. The average Bonchev–Trinajstić information content (AvgIpc) is 2.34. The van der Waals surface area contributed by atoms with E-state index in [4.69, 9.17) is 10.3 Å². The Morgan fingerprint density at radius 1 is 1.78 bits per heavy atom. The lowest BCUT2D eigenvalue weighted by Crippen LogP contribution is -2.01. The zero-order chi connectivity index (χ0) is 6.53. The van der Waals surface area contributed by atoms with Crippen LogP contribution in [-0.4, -0.2) is 19.8 Å². The van der Waals surface area contributed by atoms with Crippen LogP contribution in [0.25, 0.3) is 10.4 Å². The van der Waals surface area contributed by atoms with Crippen LogP contribution in [0.2, 0.25) is 0 Å². The van der Waals surface area contributed by atoms with Gasteiger partial charge in [0.05, 0.1) is 0 Å². The number of hydrogen-bond donors (Lipinski definition) is 0. The van der Waals surface area contributed by atoms with Crippen LogP contribution in [-0.2, 0) is 4.74 Å². The highest BCUT2D eigenvalue weighted by Crippen LogP contribution is 2.11. The van der Waals surface area contributed by atoms with Gasteiger partial charge in [-0.2, -0.15) is 0 Å². The van der Waals surface area contributed by atoms with E-state index in [1.807, 2.05) is 0 Å². The summed E-state index contributed by atoms with van der Waals surface area (Å²) < 4.78 is 5.07. The predicted molar refractivity (Wildman–Crippen MR) is 32.9 cm³/mol. The standard InChI is InChI=1S/C5H9N3O/c6-8-7-3-5-1-2-9-4-5/h5H,1-4H2. The van der Waals surface area contributed by atoms with Gasteiger partial charge in [0.25, 0.3) is 0 Å². The normalized spacial score (nSPS) is 25.6. The van der Waals surface area contributed by atoms with Gasteiger partial charge in [0.1, 0.15) is 0 Å². The molecule has 0 N–H and O–H groups in total. The first-order valence-electron chi connectivity index (χ1n) is 3.02. The number of azide groups is 1. The molecule has 0 aromatic rings. The highest BCUT2D eigenvalue weighted by molar-refractivity contribution is 4.66. The smallest absolute Gasteiger partial charge is 0.0496 e. The van der Waals surface area contributed by atoms with Crippen molar-refractivity contribution in [1.29, 1.82) is 0 Å². The second-order valence-electron chi connectivity index (χ2n) is 2.14. The van der Waals surface area contributed by atoms with Crippen molar-refractivity contribution >= 4 is 0 Å². The van der Waals surface area contributed by atoms with E-state index in [0.29, 0.717) is 12.5 Å². The third-order valence-electron chi connectivity index (χ3n) is 1.43. The van der Waals surface area contributed by atoms with E-state index in [1.54, 1.807) is 0 Å². The van der Waals surface area contributed by atoms with Crippen molar-refractivity contribution in [3.63, 3.8) is 0 Å². The minimum absolute atomic E-state index is 0.473. The second-order valence-corrected chi connectivity index (χ2v) is 2.14. The Morgan fingerprint density at radius 2 is 2.67 bits per heavy atom. The first kappa shape index (κ1) is 6.39. The van der Waals surface area contributed by atoms with Gasteiger partial charge < -0.3 is 4.74 Å². The fraction of sp³-hybridized carbons (Fsp3) is 1.00. The van der Waals surface area contributed by atoms with E-state index in [9.17, 15) is 0 Å². The Hall–Kier alpha value is -0.730. The SMILES string of the molecule is [N-]=[N+]=NCC1CCOC1. The molecule has 50 valence electrons. The van der Waals surface area contributed by atoms with Crippen LogP contribution in [0.15, 0.2) is 5.11 Å². The molecule has 4 nitrogen and oxygen atoms in total. The van der Waals surface area contributed by atoms with Gasteiger partial charge in [0.15, 0.2) is 0 Å². The fourth-order valence-electron chi connectivity index (χ4n) is 0.879. The van der Waals surface area contributed by atoms with Crippen LogP contribution in [0.3, 0.4) is 0 Å². The van der Waals surface area contributed by atoms with E-state index in [-0.39, 0.29) is 0 Å². The van der Waals surface area contributed by atoms with Crippen LogP contribution >= 0.6 is 0 Å². The molecule has 0 saturated carbocycles. The van der Waals surface area contributed by atoms with Gasteiger partial charge in [-0.05, 0) is 17.9 Å². The molecule has 1 aliphatic rings. The monoisotopic (exact) mass is 127 g/mol. The molecule has 0 amide bonds. The van der Waals surface area contributed by atoms with Crippen LogP contribution in [0.1, 0.15) is 6.42 Å². The molecule has 0 radical (unpaired) electrons. The Balaban J connectivity index is 2.18. The quantitative estimate of drug-likeness (QED) is 0.313. The summed E-state index contributed by atoms with van der Waals surface area (Å²) in [4.78, 5) is 2.67. The highest BCUT2D eigenvalue weighted by atomic mass is 16.5. The molecule has 0 bridgehead atoms. The van der Waals surface area contributed by atoms with Gasteiger partial charge in [0.2, 0.25) is 0 Å². The summed E-state index contributed by atoms with van der Waals surface area (Å²) in [5.74, 6) is 0.473. The minimum Gasteiger partial charge on any atom is -0.381 e. The largest absolute Gasteiger partial charge is 0.381 e. The topological polar surface area (TPSA) is 58.0 Å². The van der Waals surface area contributed by atoms with Crippen LogP contribution in [0.4, 0.5) is 0 Å². The molecule has 1 unspecified atom stereocenters. The van der Waals surface area contributed by atoms with Gasteiger partial charge >= 0.3 is 0 Å². The summed E-state index contributed by atoms with van der Waals surface area (Å²) in [5, 5.41) is 3.45. The molecule has 4 heteroatoms.